The Morgan fingerprint density at radius 2 is 1.81 bits per heavy atom. The molecule has 0 atom stereocenters. The molecule has 12 heteroatoms. The smallest absolute Gasteiger partial charge is 0.466 e. The predicted octanol–water partition coefficient (Wildman–Crippen LogP) is 3.32. The molecule has 0 fully saturated rings. The number of aromatic nitrogens is 3. The lowest BCUT2D eigenvalue weighted by Crippen LogP contribution is -2.39. The highest BCUT2D eigenvalue weighted by atomic mass is 79.9. The molecule has 3 rings (SSSR count). The van der Waals surface area contributed by atoms with Crippen LogP contribution in [0.5, 0.6) is 5.75 Å². The second-order valence-electron chi connectivity index (χ2n) is 6.99. The third-order valence-corrected chi connectivity index (χ3v) is 5.54. The summed E-state index contributed by atoms with van der Waals surface area (Å²) in [6.07, 6.45) is -4.59. The molecule has 0 aliphatic heterocycles. The second-order valence-corrected chi connectivity index (χ2v) is 7.78. The van der Waals surface area contributed by atoms with Gasteiger partial charge in [0.2, 0.25) is 0 Å². The number of alkyl halides is 3. The first kappa shape index (κ1) is 23.6. The number of rotatable bonds is 6. The van der Waals surface area contributed by atoms with E-state index in [4.69, 9.17) is 4.74 Å². The van der Waals surface area contributed by atoms with Crippen molar-refractivity contribution in [3.63, 3.8) is 0 Å². The number of nitrogens with zero attached hydrogens (tertiary/aromatic N) is 3. The topological polar surface area (TPSA) is 84.5 Å². The van der Waals surface area contributed by atoms with Crippen molar-refractivity contribution in [3.05, 3.63) is 49.6 Å². The summed E-state index contributed by atoms with van der Waals surface area (Å²) < 4.78 is 50.9. The Morgan fingerprint density at radius 1 is 1.12 bits per heavy atom. The van der Waals surface area contributed by atoms with Gasteiger partial charge in [0, 0.05) is 33.1 Å². The van der Waals surface area contributed by atoms with Gasteiger partial charge in [-0.05, 0) is 34.5 Å². The molecule has 0 aliphatic carbocycles. The Morgan fingerprint density at radius 3 is 2.44 bits per heavy atom. The van der Waals surface area contributed by atoms with Crippen LogP contribution >= 0.6 is 15.9 Å². The molecule has 0 saturated carbocycles. The van der Waals surface area contributed by atoms with Gasteiger partial charge in [0.1, 0.15) is 11.3 Å². The van der Waals surface area contributed by atoms with E-state index in [1.807, 2.05) is 0 Å². The van der Waals surface area contributed by atoms with Gasteiger partial charge in [-0.1, -0.05) is 12.1 Å². The first-order valence-electron chi connectivity index (χ1n) is 9.39. The number of ether oxygens (including phenoxy) is 2. The molecule has 3 aromatic rings. The van der Waals surface area contributed by atoms with E-state index in [0.29, 0.717) is 21.2 Å². The molecule has 0 amide bonds. The lowest BCUT2D eigenvalue weighted by Gasteiger charge is -2.11. The summed E-state index contributed by atoms with van der Waals surface area (Å²) in [5, 5.41) is 0. The average molecular weight is 518 g/mol. The number of benzene rings is 1. The molecule has 2 heterocycles. The van der Waals surface area contributed by atoms with Crippen LogP contribution in [0.4, 0.5) is 13.2 Å². The molecule has 8 nitrogen and oxygen atoms in total. The Hall–Kier alpha value is -3.02. The molecule has 0 unspecified atom stereocenters. The van der Waals surface area contributed by atoms with Crippen molar-refractivity contribution in [3.8, 4) is 17.0 Å². The normalized spacial score (nSPS) is 11.7. The van der Waals surface area contributed by atoms with Crippen molar-refractivity contribution in [1.82, 2.24) is 13.7 Å². The molecular formula is C20H19BrF3N3O5. The summed E-state index contributed by atoms with van der Waals surface area (Å²) in [6.45, 7) is 1.34. The third kappa shape index (κ3) is 4.59. The van der Waals surface area contributed by atoms with Crippen LogP contribution in [0.3, 0.4) is 0 Å². The summed E-state index contributed by atoms with van der Waals surface area (Å²) in [4.78, 5) is 36.8. The van der Waals surface area contributed by atoms with Crippen LogP contribution in [-0.2, 0) is 30.2 Å². The van der Waals surface area contributed by atoms with E-state index < -0.39 is 29.3 Å². The average Bonchev–Trinajstić information content (AvgIpc) is 2.95. The number of halogens is 4. The van der Waals surface area contributed by atoms with Crippen LogP contribution in [0.25, 0.3) is 22.3 Å². The largest absolute Gasteiger partial charge is 0.573 e. The maximum atomic E-state index is 13.1. The van der Waals surface area contributed by atoms with Gasteiger partial charge in [0.05, 0.1) is 22.3 Å². The number of esters is 1. The van der Waals surface area contributed by atoms with Crippen molar-refractivity contribution in [2.45, 2.75) is 26.3 Å². The number of carbonyl (C=O) groups excluding carboxylic acids is 1. The van der Waals surface area contributed by atoms with E-state index in [9.17, 15) is 27.6 Å². The van der Waals surface area contributed by atoms with E-state index in [2.05, 4.69) is 20.7 Å². The zero-order chi connectivity index (χ0) is 23.8. The van der Waals surface area contributed by atoms with Gasteiger partial charge >= 0.3 is 18.0 Å². The monoisotopic (exact) mass is 517 g/mol. The van der Waals surface area contributed by atoms with Gasteiger partial charge in [-0.25, -0.2) is 4.79 Å². The van der Waals surface area contributed by atoms with Gasteiger partial charge in [-0.15, -0.1) is 13.2 Å². The molecule has 0 saturated heterocycles. The Labute approximate surface area is 187 Å². The van der Waals surface area contributed by atoms with Crippen molar-refractivity contribution in [2.24, 2.45) is 14.1 Å². The molecule has 0 bridgehead atoms. The second kappa shape index (κ2) is 8.85. The van der Waals surface area contributed by atoms with Crippen molar-refractivity contribution >= 4 is 32.9 Å². The van der Waals surface area contributed by atoms with Crippen molar-refractivity contribution in [1.29, 1.82) is 0 Å². The van der Waals surface area contributed by atoms with Gasteiger partial charge in [-0.3, -0.25) is 18.7 Å². The fraction of sp³-hybridized carbons (Fsp3) is 0.350. The summed E-state index contributed by atoms with van der Waals surface area (Å²) in [6, 6.07) is 5.33. The molecule has 172 valence electrons. The summed E-state index contributed by atoms with van der Waals surface area (Å²) in [5.74, 6) is -0.877. The Kier molecular flexibility index (Phi) is 6.54. The van der Waals surface area contributed by atoms with Crippen LogP contribution in [0, 0.1) is 0 Å². The number of fused-ring (bicyclic) bond motifs is 1. The molecule has 0 spiro atoms. The zero-order valence-corrected chi connectivity index (χ0v) is 18.9. The van der Waals surface area contributed by atoms with E-state index >= 15 is 0 Å². The minimum Gasteiger partial charge on any atom is -0.466 e. The van der Waals surface area contributed by atoms with Gasteiger partial charge in [0.25, 0.3) is 5.56 Å². The maximum Gasteiger partial charge on any atom is 0.573 e. The highest BCUT2D eigenvalue weighted by Gasteiger charge is 2.31. The number of aryl methyl sites for hydroxylation is 2. The lowest BCUT2D eigenvalue weighted by atomic mass is 10.1. The van der Waals surface area contributed by atoms with Gasteiger partial charge in [-0.2, -0.15) is 0 Å². The molecular weight excluding hydrogens is 499 g/mol. The zero-order valence-electron chi connectivity index (χ0n) is 17.3. The van der Waals surface area contributed by atoms with Gasteiger partial charge < -0.3 is 14.0 Å². The molecule has 0 radical (unpaired) electrons. The number of carbonyl (C=O) groups is 1. The first-order valence-corrected chi connectivity index (χ1v) is 10.2. The van der Waals surface area contributed by atoms with E-state index in [1.165, 1.54) is 41.3 Å². The fourth-order valence-electron chi connectivity index (χ4n) is 3.47. The van der Waals surface area contributed by atoms with E-state index in [-0.39, 0.29) is 25.1 Å². The van der Waals surface area contributed by atoms with Gasteiger partial charge in [0.15, 0.2) is 0 Å². The Balaban J connectivity index is 2.14. The quantitative estimate of drug-likeness (QED) is 0.370. The summed E-state index contributed by atoms with van der Waals surface area (Å²) in [7, 11) is 3.07. The van der Waals surface area contributed by atoms with E-state index in [0.717, 1.165) is 4.57 Å². The summed E-state index contributed by atoms with van der Waals surface area (Å²) in [5.41, 5.74) is 0.0999. The SMILES string of the molecule is CC(=O)OCCCn1c(=O)c2c(c(Br)c(-c3cccc(OC(F)(F)F)c3)n2C)n(C)c1=O. The summed E-state index contributed by atoms with van der Waals surface area (Å²) >= 11 is 3.40. The number of hydrogen-bond acceptors (Lipinski definition) is 5. The fourth-order valence-corrected chi connectivity index (χ4v) is 4.42. The number of hydrogen-bond donors (Lipinski definition) is 0. The predicted molar refractivity (Wildman–Crippen MR) is 113 cm³/mol. The van der Waals surface area contributed by atoms with Crippen molar-refractivity contribution in [2.75, 3.05) is 6.61 Å². The van der Waals surface area contributed by atoms with Crippen LogP contribution in [0.15, 0.2) is 38.3 Å². The highest BCUT2D eigenvalue weighted by molar-refractivity contribution is 9.10. The minimum absolute atomic E-state index is 0.0295. The van der Waals surface area contributed by atoms with E-state index in [1.54, 1.807) is 13.1 Å². The lowest BCUT2D eigenvalue weighted by molar-refractivity contribution is -0.274. The minimum atomic E-state index is -4.85. The van der Waals surface area contributed by atoms with Crippen LogP contribution in [0.2, 0.25) is 0 Å². The van der Waals surface area contributed by atoms with Crippen molar-refractivity contribution < 1.29 is 27.4 Å². The Bertz CT molecular complexity index is 1310. The van der Waals surface area contributed by atoms with Crippen LogP contribution < -0.4 is 16.0 Å². The highest BCUT2D eigenvalue weighted by Crippen LogP contribution is 2.37. The molecule has 32 heavy (non-hydrogen) atoms. The molecule has 2 aromatic heterocycles. The molecule has 0 aliphatic rings. The van der Waals surface area contributed by atoms with Crippen LogP contribution in [0.1, 0.15) is 13.3 Å². The van der Waals surface area contributed by atoms with Crippen LogP contribution in [-0.4, -0.2) is 32.6 Å². The first-order chi connectivity index (χ1) is 14.9. The third-order valence-electron chi connectivity index (χ3n) is 4.78. The molecule has 1 aromatic carbocycles. The molecule has 0 N–H and O–H groups in total. The maximum absolute atomic E-state index is 13.1. The standard InChI is InChI=1S/C20H19BrF3N3O5/c1-11(28)31-9-5-8-27-18(29)17-16(26(3)19(27)30)14(21)15(25(17)2)12-6-4-7-13(10-12)32-20(22,23)24/h4,6-7,10H,5,8-9H2,1-3H3.